The van der Waals surface area contributed by atoms with Crippen LogP contribution in [0.3, 0.4) is 0 Å². The lowest BCUT2D eigenvalue weighted by Gasteiger charge is -2.07. The van der Waals surface area contributed by atoms with Crippen molar-refractivity contribution in [3.05, 3.63) is 22.4 Å². The van der Waals surface area contributed by atoms with Gasteiger partial charge in [0.05, 0.1) is 0 Å². The van der Waals surface area contributed by atoms with Crippen molar-refractivity contribution in [2.24, 2.45) is 0 Å². The summed E-state index contributed by atoms with van der Waals surface area (Å²) < 4.78 is 0. The first-order valence-electron chi connectivity index (χ1n) is 5.12. The molecule has 0 radical (unpaired) electrons. The monoisotopic (exact) mass is 209 g/mol. The third-order valence-electron chi connectivity index (χ3n) is 2.59. The van der Waals surface area contributed by atoms with Gasteiger partial charge in [0, 0.05) is 23.8 Å². The van der Waals surface area contributed by atoms with Crippen LogP contribution in [0.15, 0.2) is 17.5 Å². The van der Waals surface area contributed by atoms with Gasteiger partial charge in [0.25, 0.3) is 0 Å². The van der Waals surface area contributed by atoms with Crippen LogP contribution in [0, 0.1) is 0 Å². The summed E-state index contributed by atoms with van der Waals surface area (Å²) in [6.07, 6.45) is 3.71. The summed E-state index contributed by atoms with van der Waals surface area (Å²) in [7, 11) is 0. The smallest absolute Gasteiger partial charge is 0.139 e. The van der Waals surface area contributed by atoms with Gasteiger partial charge in [0.15, 0.2) is 0 Å². The van der Waals surface area contributed by atoms with E-state index in [0.717, 1.165) is 13.0 Å². The molecule has 1 aliphatic rings. The lowest BCUT2D eigenvalue weighted by atomic mass is 10.1. The highest BCUT2D eigenvalue weighted by Crippen LogP contribution is 2.14. The molecule has 2 nitrogen and oxygen atoms in total. The van der Waals surface area contributed by atoms with Crippen LogP contribution in [-0.2, 0) is 11.2 Å². The Morgan fingerprint density at radius 2 is 2.57 bits per heavy atom. The lowest BCUT2D eigenvalue weighted by Crippen LogP contribution is -2.25. The zero-order valence-electron chi connectivity index (χ0n) is 8.16. The molecule has 1 saturated heterocycles. The normalized spacial score (nSPS) is 21.3. The summed E-state index contributed by atoms with van der Waals surface area (Å²) in [6, 6.07) is 4.48. The van der Waals surface area contributed by atoms with Crippen molar-refractivity contribution >= 4 is 17.1 Å². The summed E-state index contributed by atoms with van der Waals surface area (Å²) in [5.74, 6) is 0.367. The number of nitrogens with one attached hydrogen (secondary N) is 1. The van der Waals surface area contributed by atoms with Crippen LogP contribution in [0.2, 0.25) is 0 Å². The van der Waals surface area contributed by atoms with Crippen LogP contribution in [0.5, 0.6) is 0 Å². The SMILES string of the molecule is O=C(Cc1cccs1)CC1CCCN1. The molecular weight excluding hydrogens is 194 g/mol. The maximum atomic E-state index is 11.6. The van der Waals surface area contributed by atoms with E-state index in [1.165, 1.54) is 11.3 Å². The van der Waals surface area contributed by atoms with E-state index < -0.39 is 0 Å². The van der Waals surface area contributed by atoms with E-state index in [2.05, 4.69) is 5.32 Å². The summed E-state index contributed by atoms with van der Waals surface area (Å²) in [4.78, 5) is 12.8. The topological polar surface area (TPSA) is 29.1 Å². The Balaban J connectivity index is 1.78. The molecule has 1 aliphatic heterocycles. The predicted octanol–water partition coefficient (Wildman–Crippen LogP) is 2.00. The number of hydrogen-bond donors (Lipinski definition) is 1. The predicted molar refractivity (Wildman–Crippen MR) is 58.7 cm³/mol. The van der Waals surface area contributed by atoms with Crippen molar-refractivity contribution in [2.45, 2.75) is 31.7 Å². The number of Topliss-reactive ketones (excluding diaryl/α,β-unsaturated/α-hetero) is 1. The average Bonchev–Trinajstić information content (AvgIpc) is 2.76. The highest BCUT2D eigenvalue weighted by Gasteiger charge is 2.17. The van der Waals surface area contributed by atoms with E-state index in [1.807, 2.05) is 17.5 Å². The Morgan fingerprint density at radius 1 is 1.64 bits per heavy atom. The van der Waals surface area contributed by atoms with Gasteiger partial charge in [-0.1, -0.05) is 6.07 Å². The van der Waals surface area contributed by atoms with Gasteiger partial charge < -0.3 is 5.32 Å². The van der Waals surface area contributed by atoms with E-state index in [0.29, 0.717) is 24.7 Å². The highest BCUT2D eigenvalue weighted by atomic mass is 32.1. The van der Waals surface area contributed by atoms with E-state index in [-0.39, 0.29) is 0 Å². The van der Waals surface area contributed by atoms with Crippen molar-refractivity contribution in [1.82, 2.24) is 5.32 Å². The number of ketones is 1. The van der Waals surface area contributed by atoms with Gasteiger partial charge in [0.2, 0.25) is 0 Å². The Morgan fingerprint density at radius 3 is 3.21 bits per heavy atom. The molecule has 0 saturated carbocycles. The van der Waals surface area contributed by atoms with Gasteiger partial charge in [-0.15, -0.1) is 11.3 Å². The van der Waals surface area contributed by atoms with Gasteiger partial charge in [-0.25, -0.2) is 0 Å². The number of carbonyl (C=O) groups is 1. The van der Waals surface area contributed by atoms with Gasteiger partial charge in [-0.3, -0.25) is 4.79 Å². The molecule has 14 heavy (non-hydrogen) atoms. The number of thiophene rings is 1. The molecule has 0 bridgehead atoms. The summed E-state index contributed by atoms with van der Waals surface area (Å²) in [5.41, 5.74) is 0. The van der Waals surface area contributed by atoms with Gasteiger partial charge in [-0.2, -0.15) is 0 Å². The van der Waals surface area contributed by atoms with Crippen LogP contribution >= 0.6 is 11.3 Å². The summed E-state index contributed by atoms with van der Waals surface area (Å²) in [5, 5.41) is 5.37. The highest BCUT2D eigenvalue weighted by molar-refractivity contribution is 7.10. The second-order valence-electron chi connectivity index (χ2n) is 3.79. The molecule has 1 fully saturated rings. The zero-order chi connectivity index (χ0) is 9.80. The Bertz CT molecular complexity index is 288. The summed E-state index contributed by atoms with van der Waals surface area (Å²) >= 11 is 1.67. The molecule has 0 aliphatic carbocycles. The second-order valence-corrected chi connectivity index (χ2v) is 4.82. The molecule has 2 rings (SSSR count). The van der Waals surface area contributed by atoms with E-state index in [4.69, 9.17) is 0 Å². The van der Waals surface area contributed by atoms with Crippen molar-refractivity contribution < 1.29 is 4.79 Å². The Hall–Kier alpha value is -0.670. The minimum atomic E-state index is 0.367. The fraction of sp³-hybridized carbons (Fsp3) is 0.545. The maximum absolute atomic E-state index is 11.6. The summed E-state index contributed by atoms with van der Waals surface area (Å²) in [6.45, 7) is 1.08. The molecule has 1 unspecified atom stereocenters. The first kappa shape index (κ1) is 9.87. The minimum absolute atomic E-state index is 0.367. The van der Waals surface area contributed by atoms with Crippen LogP contribution in [0.25, 0.3) is 0 Å². The van der Waals surface area contributed by atoms with E-state index in [1.54, 1.807) is 11.3 Å². The maximum Gasteiger partial charge on any atom is 0.139 e. The van der Waals surface area contributed by atoms with Crippen molar-refractivity contribution in [3.8, 4) is 0 Å². The molecule has 3 heteroatoms. The standard InChI is InChI=1S/C11H15NOS/c13-10(7-9-3-1-5-12-9)8-11-4-2-6-14-11/h2,4,6,9,12H,1,3,5,7-8H2. The first-order valence-corrected chi connectivity index (χ1v) is 6.00. The Kier molecular flexibility index (Phi) is 3.32. The molecule has 0 spiro atoms. The molecule has 1 aromatic rings. The Labute approximate surface area is 88.3 Å². The molecule has 1 atom stereocenters. The zero-order valence-corrected chi connectivity index (χ0v) is 8.98. The molecule has 1 N–H and O–H groups in total. The molecule has 2 heterocycles. The largest absolute Gasteiger partial charge is 0.314 e. The van der Waals surface area contributed by atoms with Crippen LogP contribution in [0.4, 0.5) is 0 Å². The van der Waals surface area contributed by atoms with Gasteiger partial charge in [0.1, 0.15) is 5.78 Å². The lowest BCUT2D eigenvalue weighted by molar-refractivity contribution is -0.118. The number of rotatable bonds is 4. The third kappa shape index (κ3) is 2.66. The van der Waals surface area contributed by atoms with Crippen molar-refractivity contribution in [3.63, 3.8) is 0 Å². The van der Waals surface area contributed by atoms with Crippen molar-refractivity contribution in [2.75, 3.05) is 6.54 Å². The number of carbonyl (C=O) groups excluding carboxylic acids is 1. The third-order valence-corrected chi connectivity index (χ3v) is 3.46. The molecule has 1 aromatic heterocycles. The van der Waals surface area contributed by atoms with E-state index in [9.17, 15) is 4.79 Å². The van der Waals surface area contributed by atoms with Crippen LogP contribution < -0.4 is 5.32 Å². The van der Waals surface area contributed by atoms with Crippen molar-refractivity contribution in [1.29, 1.82) is 0 Å². The first-order chi connectivity index (χ1) is 6.84. The fourth-order valence-corrected chi connectivity index (χ4v) is 2.62. The molecule has 0 amide bonds. The van der Waals surface area contributed by atoms with Gasteiger partial charge >= 0.3 is 0 Å². The fourth-order valence-electron chi connectivity index (χ4n) is 1.89. The van der Waals surface area contributed by atoms with E-state index >= 15 is 0 Å². The van der Waals surface area contributed by atoms with Gasteiger partial charge in [-0.05, 0) is 30.8 Å². The van der Waals surface area contributed by atoms with Crippen LogP contribution in [-0.4, -0.2) is 18.4 Å². The number of hydrogen-bond acceptors (Lipinski definition) is 3. The quantitative estimate of drug-likeness (QED) is 0.821. The molecular formula is C11H15NOS. The molecule has 76 valence electrons. The average molecular weight is 209 g/mol. The van der Waals surface area contributed by atoms with Crippen LogP contribution in [0.1, 0.15) is 24.1 Å². The molecule has 0 aromatic carbocycles. The minimum Gasteiger partial charge on any atom is -0.314 e. The second kappa shape index (κ2) is 4.71.